The number of rotatable bonds is 16. The Morgan fingerprint density at radius 3 is 1.15 bits per heavy atom. The Bertz CT molecular complexity index is 7360. The van der Waals surface area contributed by atoms with Crippen molar-refractivity contribution in [3.8, 4) is 6.07 Å². The van der Waals surface area contributed by atoms with E-state index in [0.29, 0.717) is 76.8 Å². The molecule has 1 aliphatic heterocycles. The van der Waals surface area contributed by atoms with Crippen LogP contribution in [0.1, 0.15) is 168 Å². The van der Waals surface area contributed by atoms with Crippen molar-refractivity contribution >= 4 is 194 Å². The number of hydrogen-bond acceptors (Lipinski definition) is 21. The molecule has 1 aliphatic rings. The van der Waals surface area contributed by atoms with Crippen LogP contribution >= 0.6 is 58.0 Å². The van der Waals surface area contributed by atoms with E-state index in [4.69, 9.17) is 96.8 Å². The highest BCUT2D eigenvalue weighted by Crippen LogP contribution is 2.33. The minimum atomic E-state index is -0.933. The Balaban J connectivity index is 0.000000260. The molecular formula is C104H121Cl5N12O21. The summed E-state index contributed by atoms with van der Waals surface area (Å²) in [5.41, 5.74) is 8.69. The fourth-order valence-electron chi connectivity index (χ4n) is 14.7. The van der Waals surface area contributed by atoms with Gasteiger partial charge in [0, 0.05) is 134 Å². The van der Waals surface area contributed by atoms with Gasteiger partial charge in [-0.2, -0.15) is 5.26 Å². The third-order valence-electron chi connectivity index (χ3n) is 20.7. The lowest BCUT2D eigenvalue weighted by molar-refractivity contribution is -0.141. The number of nitriles is 1. The number of aliphatic carboxylic acids is 1. The van der Waals surface area contributed by atoms with Gasteiger partial charge in [-0.05, 0) is 219 Å². The lowest BCUT2D eigenvalue weighted by Gasteiger charge is -2.20. The molecule has 0 aliphatic carbocycles. The van der Waals surface area contributed by atoms with Crippen LogP contribution in [0.15, 0.2) is 209 Å². The van der Waals surface area contributed by atoms with Crippen LogP contribution in [0.3, 0.4) is 0 Å². The molecule has 758 valence electrons. The van der Waals surface area contributed by atoms with E-state index in [9.17, 15) is 57.8 Å². The van der Waals surface area contributed by atoms with Crippen LogP contribution in [-0.2, 0) is 91.6 Å². The lowest BCUT2D eigenvalue weighted by Crippen LogP contribution is -2.26. The zero-order chi connectivity index (χ0) is 101. The van der Waals surface area contributed by atoms with Gasteiger partial charge in [-0.15, -0.1) is 0 Å². The minimum Gasteiger partial charge on any atom is -0.481 e. The fraction of sp³-hybridized carbons (Fsp3) is 0.327. The van der Waals surface area contributed by atoms with Crippen molar-refractivity contribution in [3.05, 3.63) is 279 Å². The second-order valence-electron chi connectivity index (χ2n) is 33.9. The Morgan fingerprint density at radius 2 is 0.746 bits per heavy atom. The number of aromatic amines is 3. The molecule has 0 radical (unpaired) electrons. The van der Waals surface area contributed by atoms with Crippen molar-refractivity contribution in [2.75, 3.05) is 41.7 Å². The van der Waals surface area contributed by atoms with Crippen LogP contribution in [0.2, 0.25) is 25.1 Å². The molecule has 8 aromatic carbocycles. The summed E-state index contributed by atoms with van der Waals surface area (Å²) in [5, 5.41) is 31.9. The van der Waals surface area contributed by atoms with E-state index in [0.717, 1.165) is 90.0 Å². The van der Waals surface area contributed by atoms with Gasteiger partial charge >= 0.3 is 65.2 Å². The summed E-state index contributed by atoms with van der Waals surface area (Å²) in [7, 11) is 5.30. The number of H-pyrrole nitrogens is 3. The standard InChI is InChI=1S/C25H26ClN3O5.C19H16ClN3O3.C15H16ClNO4.C14H16ClNO3.C11H12N2O3.C10H8ClNO2.C4H8O.C2H3N.4CH4/c1-25(2,3)34-24(32)28-11-9-18-16(13-17(26)14-21(18)28)15-29-20-8-6-5-7-19(20)27(23(29)31)12-10-22(30)33-4;20-13-9-12(14-5-7-21-15(14)10-13)11-23-17-4-2-1-3-16(17)22(19(23)26)8-6-18(24)25;1-15(2,3)21-14(19)17-6-5-10-11(13(18)20-4)7-9(16)8-12(10)17;1-14(2,3)19-13(18)16-5-4-11-9(8-17)6-10(15)7-12(11)16;1-16-10(14)6-7-13-9-5-3-2-4-8(9)12-11(13)15;1-14-10(13)8-4-6(11)5-9-7(8)2-3-12-9;1-2-4-5-3-1;1-2-3;;;;/h5-9,11,13-14H,10,12,15H2,1-4H3;1-5,7,9-10,21H,6,8,11H2,(H,24,25);5-8H,1-4H3;4-7,17H,8H2,1-3H3;2-5H,6-7H2,1H3,(H,12,15);2-5,12H,1H3;1-4H2;1H3;4*1H4. The van der Waals surface area contributed by atoms with Crippen molar-refractivity contribution in [2.45, 2.75) is 187 Å². The number of imidazole rings is 3. The van der Waals surface area contributed by atoms with Gasteiger partial charge in [0.25, 0.3) is 0 Å². The summed E-state index contributed by atoms with van der Waals surface area (Å²) >= 11 is 30.5. The van der Waals surface area contributed by atoms with Crippen molar-refractivity contribution in [2.24, 2.45) is 0 Å². The topological polar surface area (TPSA) is 413 Å². The number of benzene rings is 8. The molecule has 0 unspecified atom stereocenters. The van der Waals surface area contributed by atoms with Crippen LogP contribution in [-0.4, -0.2) is 168 Å². The maximum absolute atomic E-state index is 13.3. The van der Waals surface area contributed by atoms with Gasteiger partial charge < -0.3 is 63.1 Å². The Hall–Kier alpha value is -14.1. The normalized spacial score (nSPS) is 11.3. The molecule has 1 fully saturated rings. The second-order valence-corrected chi connectivity index (χ2v) is 36.1. The number of aryl methyl sites for hydroxylation is 3. The molecule has 5 N–H and O–H groups in total. The summed E-state index contributed by atoms with van der Waals surface area (Å²) in [4.78, 5) is 140. The molecular weight excluding hydrogens is 1930 g/mol. The molecule has 8 aromatic heterocycles. The number of aromatic nitrogens is 11. The number of carbonyl (C=O) groups is 8. The maximum Gasteiger partial charge on any atom is 0.418 e. The van der Waals surface area contributed by atoms with Crippen LogP contribution in [0.25, 0.3) is 87.6 Å². The average Bonchev–Trinajstić information content (AvgIpc) is 1.61. The zero-order valence-corrected chi connectivity index (χ0v) is 82.0. The van der Waals surface area contributed by atoms with Crippen LogP contribution in [0.5, 0.6) is 0 Å². The van der Waals surface area contributed by atoms with E-state index in [1.807, 2.05) is 130 Å². The number of carboxylic acids is 1. The summed E-state index contributed by atoms with van der Waals surface area (Å²) in [5.74, 6) is -2.53. The van der Waals surface area contributed by atoms with Crippen molar-refractivity contribution in [1.82, 2.24) is 51.5 Å². The van der Waals surface area contributed by atoms with E-state index in [-0.39, 0.29) is 110 Å². The highest BCUT2D eigenvalue weighted by atomic mass is 35.5. The monoisotopic (exact) mass is 2050 g/mol. The number of aliphatic hydroxyl groups is 1. The van der Waals surface area contributed by atoms with E-state index in [1.165, 1.54) is 77.1 Å². The molecule has 38 heteroatoms. The number of fused-ring (bicyclic) bond motifs is 8. The van der Waals surface area contributed by atoms with Crippen LogP contribution in [0, 0.1) is 11.3 Å². The molecule has 142 heavy (non-hydrogen) atoms. The van der Waals surface area contributed by atoms with Gasteiger partial charge in [0.2, 0.25) is 0 Å². The van der Waals surface area contributed by atoms with Crippen molar-refractivity contribution in [1.29, 1.82) is 5.26 Å². The third kappa shape index (κ3) is 30.2. The Morgan fingerprint density at radius 1 is 0.408 bits per heavy atom. The van der Waals surface area contributed by atoms with Crippen molar-refractivity contribution < 1.29 is 86.5 Å². The third-order valence-corrected chi connectivity index (χ3v) is 21.8. The molecule has 0 atom stereocenters. The number of nitrogens with zero attached hydrogens (tertiary/aromatic N) is 9. The summed E-state index contributed by atoms with van der Waals surface area (Å²) in [6.07, 6.45) is 9.63. The minimum absolute atomic E-state index is 0. The smallest absolute Gasteiger partial charge is 0.418 e. The molecule has 9 heterocycles. The number of hydrogen-bond donors (Lipinski definition) is 5. The first-order chi connectivity index (χ1) is 65.5. The number of nitrogens with one attached hydrogen (secondary N) is 3. The Kier molecular flexibility index (Phi) is 43.0. The molecule has 0 saturated carbocycles. The van der Waals surface area contributed by atoms with Gasteiger partial charge in [0.15, 0.2) is 0 Å². The average molecular weight is 2050 g/mol. The zero-order valence-electron chi connectivity index (χ0n) is 78.2. The van der Waals surface area contributed by atoms with Gasteiger partial charge in [-0.1, -0.05) is 124 Å². The number of halogens is 5. The number of methoxy groups -OCH3 is 4. The van der Waals surface area contributed by atoms with E-state index in [2.05, 4.69) is 24.4 Å². The second kappa shape index (κ2) is 52.4. The van der Waals surface area contributed by atoms with Crippen molar-refractivity contribution in [3.63, 3.8) is 0 Å². The number of aliphatic hydroxyl groups excluding tert-OH is 1. The SMILES string of the molecule is C.C.C.C.C1CCOC1.CC#N.CC(C)(C)OC(=O)n1ccc2c(CO)cc(Cl)cc21.COC(=O)CCn1c(=O)[nH]c2ccccc21.COC(=O)CCn1c(=O)n(Cc2cc(Cl)cc3c2ccn3C(=O)OC(C)(C)C)c2ccccc21.COC(=O)c1cc(Cl)cc2[nH]ccc12.COC(=O)c1cc(Cl)cc2c1ccn2C(=O)OC(C)(C)C.O=C(O)CCn1c(=O)n(Cc2cc(Cl)cc3[nH]ccc23)c2ccccc21. The predicted molar refractivity (Wildman–Crippen MR) is 558 cm³/mol. The Labute approximate surface area is 845 Å². The first kappa shape index (κ1) is 117. The van der Waals surface area contributed by atoms with Crippen LogP contribution < -0.4 is 17.1 Å². The first-order valence-corrected chi connectivity index (χ1v) is 45.1. The molecule has 0 bridgehead atoms. The van der Waals surface area contributed by atoms with E-state index < -0.39 is 47.0 Å². The van der Waals surface area contributed by atoms with Gasteiger partial charge in [-0.25, -0.2) is 38.4 Å². The molecule has 17 rings (SSSR count). The first-order valence-electron chi connectivity index (χ1n) is 43.2. The number of esters is 4. The van der Waals surface area contributed by atoms with Gasteiger partial charge in [-0.3, -0.25) is 50.9 Å². The number of carboxylic acid groups (broad SMARTS) is 1. The summed E-state index contributed by atoms with van der Waals surface area (Å²) in [6.45, 7) is 20.7. The summed E-state index contributed by atoms with van der Waals surface area (Å²) < 4.78 is 51.8. The summed E-state index contributed by atoms with van der Waals surface area (Å²) in [6, 6.07) is 50.0. The number of carbonyl (C=O) groups excluding carboxylic acids is 7. The molecule has 1 saturated heterocycles. The lowest BCUT2D eigenvalue weighted by atomic mass is 10.1. The van der Waals surface area contributed by atoms with Gasteiger partial charge in [0.1, 0.15) is 16.8 Å². The largest absolute Gasteiger partial charge is 0.481 e. The molecule has 0 spiro atoms. The quantitative estimate of drug-likeness (QED) is 0.0443. The maximum atomic E-state index is 13.3. The number of ether oxygens (including phenoxy) is 8. The molecule has 0 amide bonds. The van der Waals surface area contributed by atoms with Gasteiger partial charge in [0.05, 0.1) is 134 Å². The number of para-hydroxylation sites is 6. The van der Waals surface area contributed by atoms with E-state index in [1.54, 1.807) is 141 Å². The van der Waals surface area contributed by atoms with E-state index >= 15 is 0 Å². The highest BCUT2D eigenvalue weighted by Gasteiger charge is 2.27. The highest BCUT2D eigenvalue weighted by molar-refractivity contribution is 6.33. The predicted octanol–water partition coefficient (Wildman–Crippen LogP) is 23.1. The molecule has 33 nitrogen and oxygen atoms in total. The molecule has 16 aromatic rings. The van der Waals surface area contributed by atoms with Crippen LogP contribution in [0.4, 0.5) is 14.4 Å². The fourth-order valence-corrected chi connectivity index (χ4v) is 15.9.